The molecule has 0 aromatic carbocycles. The van der Waals surface area contributed by atoms with Gasteiger partial charge in [-0.2, -0.15) is 0 Å². The van der Waals surface area contributed by atoms with Gasteiger partial charge in [0.15, 0.2) is 0 Å². The summed E-state index contributed by atoms with van der Waals surface area (Å²) in [7, 11) is 3.84. The van der Waals surface area contributed by atoms with Crippen molar-refractivity contribution < 1.29 is 14.8 Å². The molecule has 0 spiro atoms. The normalized spacial score (nSPS) is 25.7. The molecule has 3 aliphatic rings. The van der Waals surface area contributed by atoms with E-state index in [2.05, 4.69) is 4.98 Å². The molecule has 3 aliphatic carbocycles. The largest absolute Gasteiger partial charge is 0.490 e. The fourth-order valence-electron chi connectivity index (χ4n) is 3.37. The Bertz CT molecular complexity index is 574. The predicted molar refractivity (Wildman–Crippen MR) is 80.6 cm³/mol. The zero-order valence-corrected chi connectivity index (χ0v) is 12.6. The predicted octanol–water partition coefficient (Wildman–Crippen LogP) is -0.548. The average molecular weight is 289 g/mol. The van der Waals surface area contributed by atoms with Crippen LogP contribution in [0.15, 0.2) is 12.3 Å². The summed E-state index contributed by atoms with van der Waals surface area (Å²) in [5, 5.41) is 18.6. The van der Waals surface area contributed by atoms with Gasteiger partial charge < -0.3 is 19.8 Å². The van der Waals surface area contributed by atoms with E-state index in [1.807, 2.05) is 26.0 Å². The van der Waals surface area contributed by atoms with E-state index >= 15 is 0 Å². The molecule has 1 aromatic rings. The van der Waals surface area contributed by atoms with Crippen LogP contribution in [0.1, 0.15) is 29.6 Å². The Balaban J connectivity index is 1.94. The second kappa shape index (κ2) is 4.71. The lowest BCUT2D eigenvalue weighted by molar-refractivity contribution is -0.114. The van der Waals surface area contributed by atoms with Crippen molar-refractivity contribution in [1.29, 1.82) is 0 Å². The maximum Gasteiger partial charge on any atom is 0.490 e. The number of aromatic nitrogens is 1. The highest BCUT2D eigenvalue weighted by atomic mass is 16.4. The van der Waals surface area contributed by atoms with E-state index in [0.717, 1.165) is 25.2 Å². The minimum atomic E-state index is -1.62. The lowest BCUT2D eigenvalue weighted by Crippen LogP contribution is -2.68. The highest BCUT2D eigenvalue weighted by molar-refractivity contribution is 6.58. The van der Waals surface area contributed by atoms with Crippen molar-refractivity contribution in [2.75, 3.05) is 26.0 Å². The van der Waals surface area contributed by atoms with Gasteiger partial charge >= 0.3 is 7.12 Å². The molecule has 2 bridgehead atoms. The fourth-order valence-corrected chi connectivity index (χ4v) is 3.37. The molecule has 1 aromatic heterocycles. The monoisotopic (exact) mass is 289 g/mol. The second-order valence-corrected chi connectivity index (χ2v) is 6.47. The lowest BCUT2D eigenvalue weighted by Gasteiger charge is -2.65. The van der Waals surface area contributed by atoms with Gasteiger partial charge in [0.1, 0.15) is 5.82 Å². The number of carbonyl (C=O) groups is 1. The summed E-state index contributed by atoms with van der Waals surface area (Å²) in [6, 6.07) is 1.53. The SMILES string of the molecule is CN(C)c1ncc(B(O)O)cc1C(=O)N(C)C12CC(C1)C2. The Morgan fingerprint density at radius 1 is 1.33 bits per heavy atom. The number of pyridine rings is 1. The number of carbonyl (C=O) groups excluding carboxylic acids is 1. The molecule has 0 saturated heterocycles. The van der Waals surface area contributed by atoms with E-state index in [4.69, 9.17) is 0 Å². The summed E-state index contributed by atoms with van der Waals surface area (Å²) in [6.45, 7) is 0. The molecule has 1 amide bonds. The van der Waals surface area contributed by atoms with Gasteiger partial charge in [0.2, 0.25) is 0 Å². The Morgan fingerprint density at radius 3 is 2.38 bits per heavy atom. The zero-order chi connectivity index (χ0) is 15.4. The van der Waals surface area contributed by atoms with Crippen molar-refractivity contribution in [3.63, 3.8) is 0 Å². The van der Waals surface area contributed by atoms with Gasteiger partial charge in [0.05, 0.1) is 5.56 Å². The van der Waals surface area contributed by atoms with Gasteiger partial charge in [-0.05, 0) is 31.2 Å². The first-order valence-electron chi connectivity index (χ1n) is 7.15. The number of amides is 1. The zero-order valence-electron chi connectivity index (χ0n) is 12.6. The second-order valence-electron chi connectivity index (χ2n) is 6.47. The molecule has 0 radical (unpaired) electrons. The van der Waals surface area contributed by atoms with Crippen LogP contribution >= 0.6 is 0 Å². The van der Waals surface area contributed by atoms with E-state index in [9.17, 15) is 14.8 Å². The Kier molecular flexibility index (Phi) is 3.22. The highest BCUT2D eigenvalue weighted by Crippen LogP contribution is 2.60. The Morgan fingerprint density at radius 2 is 1.95 bits per heavy atom. The molecule has 3 saturated carbocycles. The minimum Gasteiger partial charge on any atom is -0.423 e. The summed E-state index contributed by atoms with van der Waals surface area (Å²) in [4.78, 5) is 20.6. The Labute approximate surface area is 124 Å². The third kappa shape index (κ3) is 2.11. The van der Waals surface area contributed by atoms with Crippen LogP contribution in [0, 0.1) is 5.92 Å². The first kappa shape index (κ1) is 14.3. The van der Waals surface area contributed by atoms with Gasteiger partial charge in [-0.1, -0.05) is 0 Å². The first-order chi connectivity index (χ1) is 9.84. The van der Waals surface area contributed by atoms with E-state index in [-0.39, 0.29) is 16.9 Å². The lowest BCUT2D eigenvalue weighted by atomic mass is 9.49. The van der Waals surface area contributed by atoms with E-state index in [1.54, 1.807) is 4.90 Å². The molecule has 1 heterocycles. The molecule has 0 aliphatic heterocycles. The van der Waals surface area contributed by atoms with Gasteiger partial charge in [0, 0.05) is 38.3 Å². The molecular formula is C14H20BN3O3. The van der Waals surface area contributed by atoms with Crippen molar-refractivity contribution in [2.45, 2.75) is 24.8 Å². The topological polar surface area (TPSA) is 76.9 Å². The summed E-state index contributed by atoms with van der Waals surface area (Å²) >= 11 is 0. The molecule has 112 valence electrons. The summed E-state index contributed by atoms with van der Waals surface area (Å²) < 4.78 is 0. The van der Waals surface area contributed by atoms with Crippen LogP contribution in [0.25, 0.3) is 0 Å². The quantitative estimate of drug-likeness (QED) is 0.727. The third-order valence-electron chi connectivity index (χ3n) is 4.86. The number of rotatable bonds is 4. The summed E-state index contributed by atoms with van der Waals surface area (Å²) in [6.07, 6.45) is 4.64. The minimum absolute atomic E-state index is 0.0270. The van der Waals surface area contributed by atoms with Gasteiger partial charge in [-0.3, -0.25) is 4.79 Å². The molecule has 0 unspecified atom stereocenters. The smallest absolute Gasteiger partial charge is 0.423 e. The van der Waals surface area contributed by atoms with Crippen molar-refractivity contribution >= 4 is 24.3 Å². The van der Waals surface area contributed by atoms with Crippen LogP contribution in [0.3, 0.4) is 0 Å². The van der Waals surface area contributed by atoms with E-state index in [0.29, 0.717) is 11.4 Å². The molecule has 6 nitrogen and oxygen atoms in total. The first-order valence-corrected chi connectivity index (χ1v) is 7.15. The van der Waals surface area contributed by atoms with Gasteiger partial charge in [0.25, 0.3) is 5.91 Å². The van der Waals surface area contributed by atoms with Crippen molar-refractivity contribution in [1.82, 2.24) is 9.88 Å². The van der Waals surface area contributed by atoms with Crippen LogP contribution in [0.2, 0.25) is 0 Å². The summed E-state index contributed by atoms with van der Waals surface area (Å²) in [5.74, 6) is 1.23. The number of nitrogens with zero attached hydrogens (tertiary/aromatic N) is 3. The highest BCUT2D eigenvalue weighted by Gasteiger charge is 2.60. The fraction of sp³-hybridized carbons (Fsp3) is 0.571. The van der Waals surface area contributed by atoms with Crippen LogP contribution in [-0.4, -0.2) is 59.6 Å². The van der Waals surface area contributed by atoms with Crippen molar-refractivity contribution in [3.05, 3.63) is 17.8 Å². The van der Waals surface area contributed by atoms with Gasteiger partial charge in [-0.25, -0.2) is 4.98 Å². The number of anilines is 1. The maximum atomic E-state index is 12.8. The molecule has 2 N–H and O–H groups in total. The molecule has 4 rings (SSSR count). The van der Waals surface area contributed by atoms with Crippen LogP contribution in [0.5, 0.6) is 0 Å². The van der Waals surface area contributed by atoms with Crippen molar-refractivity contribution in [3.8, 4) is 0 Å². The Hall–Kier alpha value is -1.60. The van der Waals surface area contributed by atoms with Crippen LogP contribution in [-0.2, 0) is 0 Å². The third-order valence-corrected chi connectivity index (χ3v) is 4.86. The number of hydrogen-bond acceptors (Lipinski definition) is 5. The van der Waals surface area contributed by atoms with Crippen LogP contribution < -0.4 is 10.4 Å². The summed E-state index contributed by atoms with van der Waals surface area (Å²) in [5.41, 5.74) is 0.673. The van der Waals surface area contributed by atoms with E-state index < -0.39 is 7.12 Å². The molecule has 21 heavy (non-hydrogen) atoms. The van der Waals surface area contributed by atoms with Gasteiger partial charge in [-0.15, -0.1) is 0 Å². The molecule has 3 fully saturated rings. The van der Waals surface area contributed by atoms with Crippen LogP contribution in [0.4, 0.5) is 5.82 Å². The van der Waals surface area contributed by atoms with Crippen molar-refractivity contribution in [2.24, 2.45) is 5.92 Å². The molecule has 0 atom stereocenters. The average Bonchev–Trinajstić information content (AvgIpc) is 2.33. The molecular weight excluding hydrogens is 269 g/mol. The van der Waals surface area contributed by atoms with E-state index in [1.165, 1.54) is 12.3 Å². The maximum absolute atomic E-state index is 12.8. The molecule has 7 heteroatoms. The number of hydrogen-bond donors (Lipinski definition) is 2. The standard InChI is InChI=1S/C14H20BN3O3/c1-17(2)12-11(4-10(8-16-12)15(20)21)13(19)18(3)14-5-9(6-14)7-14/h4,8-9,20-21H,5-7H2,1-3H3.